The van der Waals surface area contributed by atoms with Crippen LogP contribution in [0.1, 0.15) is 15.9 Å². The van der Waals surface area contributed by atoms with Crippen molar-refractivity contribution >= 4 is 29.9 Å². The van der Waals surface area contributed by atoms with Gasteiger partial charge in [0.1, 0.15) is 0 Å². The molecule has 0 saturated heterocycles. The van der Waals surface area contributed by atoms with Gasteiger partial charge in [0.2, 0.25) is 0 Å². The zero-order chi connectivity index (χ0) is 25.9. The first kappa shape index (κ1) is 28.3. The highest BCUT2D eigenvalue weighted by Crippen LogP contribution is 2.36. The molecule has 0 radical (unpaired) electrons. The predicted molar refractivity (Wildman–Crippen MR) is 145 cm³/mol. The summed E-state index contributed by atoms with van der Waals surface area (Å²) in [6, 6.07) is 23.1. The second kappa shape index (κ2) is 11.9. The summed E-state index contributed by atoms with van der Waals surface area (Å²) in [5.74, 6) is -0.182. The van der Waals surface area contributed by atoms with Crippen molar-refractivity contribution in [2.24, 2.45) is 0 Å². The number of likely N-dealkylation sites (N-methyl/N-ethyl adjacent to an activating group) is 1. The fourth-order valence-electron chi connectivity index (χ4n) is 3.89. The summed E-state index contributed by atoms with van der Waals surface area (Å²) in [5, 5.41) is 3.44. The Morgan fingerprint density at radius 2 is 1.46 bits per heavy atom. The van der Waals surface area contributed by atoms with Crippen molar-refractivity contribution < 1.29 is 18.0 Å². The van der Waals surface area contributed by atoms with Crippen LogP contribution in [0.3, 0.4) is 0 Å². The average Bonchev–Trinajstić information content (AvgIpc) is 3.29. The van der Waals surface area contributed by atoms with Gasteiger partial charge in [0, 0.05) is 29.4 Å². The molecule has 4 aromatic rings. The molecule has 1 aromatic heterocycles. The Kier molecular flexibility index (Phi) is 9.07. The van der Waals surface area contributed by atoms with E-state index in [-0.39, 0.29) is 18.3 Å². The molecule has 0 aliphatic rings. The smallest absolute Gasteiger partial charge is 0.351 e. The van der Waals surface area contributed by atoms with E-state index >= 15 is 0 Å². The zero-order valence-corrected chi connectivity index (χ0v) is 21.8. The van der Waals surface area contributed by atoms with Crippen molar-refractivity contribution in [1.82, 2.24) is 14.8 Å². The standard InChI is InChI=1S/C28H25ClF3N3O.ClH/c1-34(2)17-16-33-27(36)21-8-6-19(7-9-21)25-14-15-26(20-10-12-23(29)13-11-20)35(25)24-5-3-4-22(18-24)28(30,31)32;/h3-15,18H,16-17H2,1-2H3,(H,33,36);1H. The van der Waals surface area contributed by atoms with Gasteiger partial charge in [0.25, 0.3) is 5.91 Å². The number of carbonyl (C=O) groups is 1. The molecule has 0 saturated carbocycles. The van der Waals surface area contributed by atoms with Crippen LogP contribution < -0.4 is 5.32 Å². The van der Waals surface area contributed by atoms with Gasteiger partial charge in [-0.15, -0.1) is 12.4 Å². The molecule has 9 heteroatoms. The van der Waals surface area contributed by atoms with E-state index in [0.717, 1.165) is 29.8 Å². The lowest BCUT2D eigenvalue weighted by Crippen LogP contribution is -2.31. The Morgan fingerprint density at radius 1 is 0.892 bits per heavy atom. The lowest BCUT2D eigenvalue weighted by Gasteiger charge is -2.16. The van der Waals surface area contributed by atoms with E-state index < -0.39 is 11.7 Å². The molecule has 194 valence electrons. The summed E-state index contributed by atoms with van der Waals surface area (Å²) in [6.45, 7) is 1.25. The molecule has 37 heavy (non-hydrogen) atoms. The van der Waals surface area contributed by atoms with Gasteiger partial charge >= 0.3 is 6.18 Å². The van der Waals surface area contributed by atoms with Gasteiger partial charge in [-0.3, -0.25) is 4.79 Å². The van der Waals surface area contributed by atoms with E-state index in [9.17, 15) is 18.0 Å². The second-order valence-electron chi connectivity index (χ2n) is 8.63. The maximum Gasteiger partial charge on any atom is 0.416 e. The molecular formula is C28H26Cl2F3N3O. The topological polar surface area (TPSA) is 37.3 Å². The van der Waals surface area contributed by atoms with Crippen molar-refractivity contribution in [3.8, 4) is 28.2 Å². The van der Waals surface area contributed by atoms with Crippen LogP contribution in [0.25, 0.3) is 28.2 Å². The number of halogens is 5. The SMILES string of the molecule is CN(C)CCNC(=O)c1ccc(-c2ccc(-c3ccc(Cl)cc3)n2-c2cccc(C(F)(F)F)c2)cc1.Cl. The molecule has 4 rings (SSSR count). The normalized spacial score (nSPS) is 11.3. The Bertz CT molecular complexity index is 1350. The van der Waals surface area contributed by atoms with Crippen LogP contribution in [0.4, 0.5) is 13.2 Å². The van der Waals surface area contributed by atoms with E-state index in [2.05, 4.69) is 5.32 Å². The molecule has 0 aliphatic heterocycles. The summed E-state index contributed by atoms with van der Waals surface area (Å²) in [5.41, 5.74) is 3.13. The van der Waals surface area contributed by atoms with Gasteiger partial charge in [0.15, 0.2) is 0 Å². The van der Waals surface area contributed by atoms with E-state index in [1.54, 1.807) is 47.0 Å². The van der Waals surface area contributed by atoms with Crippen molar-refractivity contribution in [2.75, 3.05) is 27.2 Å². The van der Waals surface area contributed by atoms with E-state index in [0.29, 0.717) is 34.2 Å². The number of amides is 1. The number of carbonyl (C=O) groups excluding carboxylic acids is 1. The van der Waals surface area contributed by atoms with Crippen molar-refractivity contribution in [3.05, 3.63) is 101 Å². The van der Waals surface area contributed by atoms with Crippen LogP contribution in [0, 0.1) is 0 Å². The third-order valence-corrected chi connectivity index (χ3v) is 5.99. The van der Waals surface area contributed by atoms with Crippen LogP contribution in [-0.2, 0) is 6.18 Å². The third-order valence-electron chi connectivity index (χ3n) is 5.74. The molecule has 3 aromatic carbocycles. The quantitative estimate of drug-likeness (QED) is 0.265. The lowest BCUT2D eigenvalue weighted by molar-refractivity contribution is -0.137. The number of hydrogen-bond acceptors (Lipinski definition) is 2. The number of alkyl halides is 3. The fourth-order valence-corrected chi connectivity index (χ4v) is 4.02. The third kappa shape index (κ3) is 6.74. The molecule has 0 atom stereocenters. The molecule has 0 unspecified atom stereocenters. The number of aromatic nitrogens is 1. The summed E-state index contributed by atoms with van der Waals surface area (Å²) >= 11 is 6.05. The fraction of sp³-hybridized carbons (Fsp3) is 0.179. The first-order valence-corrected chi connectivity index (χ1v) is 11.7. The van der Waals surface area contributed by atoms with Gasteiger partial charge in [-0.2, -0.15) is 13.2 Å². The van der Waals surface area contributed by atoms with Gasteiger partial charge < -0.3 is 14.8 Å². The summed E-state index contributed by atoms with van der Waals surface area (Å²) in [7, 11) is 3.86. The van der Waals surface area contributed by atoms with E-state index in [1.165, 1.54) is 6.07 Å². The Hall–Kier alpha value is -3.26. The molecule has 1 amide bonds. The molecule has 0 fully saturated rings. The number of benzene rings is 3. The largest absolute Gasteiger partial charge is 0.416 e. The number of rotatable bonds is 7. The Labute approximate surface area is 225 Å². The Balaban J connectivity index is 0.00000380. The van der Waals surface area contributed by atoms with Crippen molar-refractivity contribution in [2.45, 2.75) is 6.18 Å². The van der Waals surface area contributed by atoms with Crippen molar-refractivity contribution in [1.29, 1.82) is 0 Å². The van der Waals surface area contributed by atoms with E-state index in [1.807, 2.05) is 43.3 Å². The average molecular weight is 548 g/mol. The van der Waals surface area contributed by atoms with Crippen LogP contribution in [0.2, 0.25) is 5.02 Å². The van der Waals surface area contributed by atoms with Crippen molar-refractivity contribution in [3.63, 3.8) is 0 Å². The zero-order valence-electron chi connectivity index (χ0n) is 20.2. The Morgan fingerprint density at radius 3 is 2.00 bits per heavy atom. The highest BCUT2D eigenvalue weighted by molar-refractivity contribution is 6.30. The summed E-state index contributed by atoms with van der Waals surface area (Å²) < 4.78 is 42.3. The number of nitrogens with zero attached hydrogens (tertiary/aromatic N) is 2. The van der Waals surface area contributed by atoms with Gasteiger partial charge in [-0.05, 0) is 79.8 Å². The van der Waals surface area contributed by atoms with Gasteiger partial charge in [-0.1, -0.05) is 41.9 Å². The van der Waals surface area contributed by atoms with Crippen LogP contribution >= 0.6 is 24.0 Å². The minimum absolute atomic E-state index is 0. The van der Waals surface area contributed by atoms with Crippen LogP contribution in [-0.4, -0.2) is 42.6 Å². The maximum absolute atomic E-state index is 13.5. The molecule has 1 heterocycles. The first-order chi connectivity index (χ1) is 17.1. The molecule has 4 nitrogen and oxygen atoms in total. The molecule has 0 spiro atoms. The molecular weight excluding hydrogens is 522 g/mol. The molecule has 0 aliphatic carbocycles. The first-order valence-electron chi connectivity index (χ1n) is 11.3. The summed E-state index contributed by atoms with van der Waals surface area (Å²) in [6.07, 6.45) is -4.47. The van der Waals surface area contributed by atoms with E-state index in [4.69, 9.17) is 11.6 Å². The van der Waals surface area contributed by atoms with Gasteiger partial charge in [0.05, 0.1) is 17.0 Å². The molecule has 0 bridgehead atoms. The monoisotopic (exact) mass is 547 g/mol. The summed E-state index contributed by atoms with van der Waals surface area (Å²) in [4.78, 5) is 14.4. The van der Waals surface area contributed by atoms with Gasteiger partial charge in [-0.25, -0.2) is 0 Å². The molecule has 1 N–H and O–H groups in total. The van der Waals surface area contributed by atoms with Crippen LogP contribution in [0.15, 0.2) is 84.9 Å². The highest BCUT2D eigenvalue weighted by Gasteiger charge is 2.31. The lowest BCUT2D eigenvalue weighted by atomic mass is 10.1. The predicted octanol–water partition coefficient (Wildman–Crippen LogP) is 7.20. The minimum atomic E-state index is -4.47. The minimum Gasteiger partial charge on any atom is -0.351 e. The number of hydrogen-bond donors (Lipinski definition) is 1. The second-order valence-corrected chi connectivity index (χ2v) is 9.07. The highest BCUT2D eigenvalue weighted by atomic mass is 35.5. The van der Waals surface area contributed by atoms with Crippen LogP contribution in [0.5, 0.6) is 0 Å². The number of nitrogens with one attached hydrogen (secondary N) is 1. The maximum atomic E-state index is 13.5.